The van der Waals surface area contributed by atoms with Gasteiger partial charge in [-0.3, -0.25) is 39.2 Å². The smallest absolute Gasteiger partial charge is 0.260 e. The van der Waals surface area contributed by atoms with Gasteiger partial charge in [0, 0.05) is 74.4 Å². The molecule has 3 fully saturated rings. The molecule has 4 amide bonds. The largest absolute Gasteiger partial charge is 0.496 e. The molecule has 0 spiro atoms. The Labute approximate surface area is 300 Å². The highest BCUT2D eigenvalue weighted by Crippen LogP contribution is 2.34. The third kappa shape index (κ3) is 7.07. The Morgan fingerprint density at radius 1 is 0.981 bits per heavy atom. The number of aliphatic imine (C=N–C) groups is 1. The third-order valence-electron chi connectivity index (χ3n) is 10.6. The van der Waals surface area contributed by atoms with E-state index in [-0.39, 0.29) is 54.2 Å². The molecule has 7 rings (SSSR count). The summed E-state index contributed by atoms with van der Waals surface area (Å²) in [6, 6.07) is 10.6. The average Bonchev–Trinajstić information content (AvgIpc) is 3.65. The number of pyridine rings is 1. The minimum absolute atomic E-state index is 0.0101. The van der Waals surface area contributed by atoms with Crippen molar-refractivity contribution >= 4 is 35.5 Å². The van der Waals surface area contributed by atoms with Crippen molar-refractivity contribution in [2.45, 2.75) is 44.2 Å². The Bertz CT molecular complexity index is 2000. The van der Waals surface area contributed by atoms with Crippen LogP contribution in [-0.2, 0) is 28.0 Å². The highest BCUT2D eigenvalue weighted by Gasteiger charge is 2.31. The van der Waals surface area contributed by atoms with Crippen molar-refractivity contribution in [3.8, 4) is 16.9 Å². The number of fused-ring (bicyclic) bond motifs is 1. The Morgan fingerprint density at radius 3 is 2.38 bits per heavy atom. The molecule has 52 heavy (non-hydrogen) atoms. The topological polar surface area (TPSA) is 146 Å². The minimum atomic E-state index is -0.723. The van der Waals surface area contributed by atoms with E-state index in [4.69, 9.17) is 4.74 Å². The number of aromatic nitrogens is 1. The van der Waals surface area contributed by atoms with Gasteiger partial charge in [0.15, 0.2) is 0 Å². The third-order valence-corrected chi connectivity index (χ3v) is 10.6. The van der Waals surface area contributed by atoms with Gasteiger partial charge in [-0.05, 0) is 73.7 Å². The number of aryl methyl sites for hydroxylation is 1. The van der Waals surface area contributed by atoms with Crippen LogP contribution in [0.4, 0.5) is 10.1 Å². The molecule has 3 saturated heterocycles. The lowest BCUT2D eigenvalue weighted by Gasteiger charge is -2.37. The van der Waals surface area contributed by atoms with Crippen molar-refractivity contribution < 1.29 is 28.3 Å². The monoisotopic (exact) mass is 711 g/mol. The van der Waals surface area contributed by atoms with Crippen LogP contribution in [-0.4, -0.2) is 108 Å². The summed E-state index contributed by atoms with van der Waals surface area (Å²) >= 11 is 0. The zero-order valence-corrected chi connectivity index (χ0v) is 29.3. The number of nitrogens with zero attached hydrogens (tertiary/aromatic N) is 5. The molecule has 4 aliphatic heterocycles. The summed E-state index contributed by atoms with van der Waals surface area (Å²) in [5.41, 5.74) is 4.02. The quantitative estimate of drug-likeness (QED) is 0.340. The first kappa shape index (κ1) is 35.1. The Morgan fingerprint density at radius 2 is 1.69 bits per heavy atom. The van der Waals surface area contributed by atoms with Crippen LogP contribution in [0.3, 0.4) is 0 Å². The number of carbonyl (C=O) groups excluding carboxylic acids is 4. The van der Waals surface area contributed by atoms with Gasteiger partial charge in [-0.25, -0.2) is 4.39 Å². The normalized spacial score (nSPS) is 19.4. The number of nitrogens with one attached hydrogen (secondary N) is 2. The number of rotatable bonds is 8. The van der Waals surface area contributed by atoms with Gasteiger partial charge < -0.3 is 24.4 Å². The van der Waals surface area contributed by atoms with Crippen molar-refractivity contribution in [1.82, 2.24) is 24.6 Å². The zero-order valence-electron chi connectivity index (χ0n) is 29.3. The summed E-state index contributed by atoms with van der Waals surface area (Å²) < 4.78 is 22.7. The van der Waals surface area contributed by atoms with Crippen molar-refractivity contribution in [3.05, 3.63) is 81.0 Å². The number of carbonyl (C=O) groups is 4. The number of likely N-dealkylation sites (tertiary alicyclic amines) is 1. The van der Waals surface area contributed by atoms with Crippen LogP contribution in [0.5, 0.6) is 5.75 Å². The molecule has 1 aromatic heterocycles. The first-order chi connectivity index (χ1) is 25.1. The molecule has 272 valence electrons. The fourth-order valence-corrected chi connectivity index (χ4v) is 7.59. The van der Waals surface area contributed by atoms with Crippen molar-refractivity contribution in [2.75, 3.05) is 58.2 Å². The fraction of sp³-hybridized carbons (Fsp3) is 0.421. The molecule has 1 unspecified atom stereocenters. The number of piperidine rings is 2. The van der Waals surface area contributed by atoms with Gasteiger partial charge in [-0.1, -0.05) is 12.1 Å². The number of amides is 4. The van der Waals surface area contributed by atoms with Crippen LogP contribution in [0.25, 0.3) is 11.1 Å². The molecule has 3 aromatic rings. The van der Waals surface area contributed by atoms with Crippen LogP contribution < -0.4 is 20.9 Å². The lowest BCUT2D eigenvalue weighted by Crippen LogP contribution is -2.53. The first-order valence-corrected chi connectivity index (χ1v) is 17.7. The van der Waals surface area contributed by atoms with E-state index in [0.717, 1.165) is 31.6 Å². The molecular weight excluding hydrogens is 669 g/mol. The summed E-state index contributed by atoms with van der Waals surface area (Å²) in [5.74, 6) is -1.28. The number of piperazine rings is 1. The van der Waals surface area contributed by atoms with Crippen LogP contribution in [0.15, 0.2) is 52.4 Å². The van der Waals surface area contributed by atoms with Gasteiger partial charge >= 0.3 is 0 Å². The lowest BCUT2D eigenvalue weighted by atomic mass is 9.89. The van der Waals surface area contributed by atoms with E-state index in [9.17, 15) is 24.0 Å². The second kappa shape index (κ2) is 14.7. The molecule has 13 nitrogen and oxygen atoms in total. The van der Waals surface area contributed by atoms with Crippen molar-refractivity contribution in [3.63, 3.8) is 0 Å². The minimum Gasteiger partial charge on any atom is -0.496 e. The van der Waals surface area contributed by atoms with Gasteiger partial charge in [0.25, 0.3) is 11.5 Å². The lowest BCUT2D eigenvalue weighted by molar-refractivity contribution is -0.135. The summed E-state index contributed by atoms with van der Waals surface area (Å²) in [6.07, 6.45) is 5.88. The number of methoxy groups -OCH3 is 1. The van der Waals surface area contributed by atoms with Crippen LogP contribution in [0.2, 0.25) is 0 Å². The molecule has 0 bridgehead atoms. The Hall–Kier alpha value is -5.37. The number of imide groups is 1. The standard InChI is InChI=1S/C38H42FN7O6/c1-43-21-29(27-19-40-20-28(27)37(43)50)25-17-30(39)35(32(18-25)52-2)38(51)46-15-13-45(14-16-46)34(48)22-44-11-9-24(10-12-44)23-3-5-26(6-4-23)41-31-7-8-33(47)42-36(31)49/h3-6,17-19,21,24,31,41H,7-16,20,22H2,1-2H3,(H,42,47,49). The molecule has 2 aromatic carbocycles. The fourth-order valence-electron chi connectivity index (χ4n) is 7.59. The number of hydrogen-bond donors (Lipinski definition) is 2. The molecular formula is C38H42FN7O6. The number of hydrogen-bond acceptors (Lipinski definition) is 9. The first-order valence-electron chi connectivity index (χ1n) is 17.7. The predicted octanol–water partition coefficient (Wildman–Crippen LogP) is 2.51. The van der Waals surface area contributed by atoms with E-state index in [1.165, 1.54) is 23.3 Å². The summed E-state index contributed by atoms with van der Waals surface area (Å²) in [7, 11) is 3.03. The van der Waals surface area contributed by atoms with Crippen LogP contribution >= 0.6 is 0 Å². The molecule has 0 aliphatic carbocycles. The van der Waals surface area contributed by atoms with Gasteiger partial charge in [-0.2, -0.15) is 0 Å². The molecule has 2 N–H and O–H groups in total. The van der Waals surface area contributed by atoms with E-state index >= 15 is 4.39 Å². The summed E-state index contributed by atoms with van der Waals surface area (Å²) in [4.78, 5) is 72.6. The van der Waals surface area contributed by atoms with E-state index < -0.39 is 17.8 Å². The highest BCUT2D eigenvalue weighted by atomic mass is 19.1. The molecule has 0 radical (unpaired) electrons. The molecule has 14 heteroatoms. The number of halogens is 1. The van der Waals surface area contributed by atoms with Gasteiger partial charge in [-0.15, -0.1) is 0 Å². The molecule has 5 heterocycles. The molecule has 1 atom stereocenters. The molecule has 4 aliphatic rings. The SMILES string of the molecule is COc1cc(-c2cn(C)c(=O)c3c2C=NC3)cc(F)c1C(=O)N1CCN(C(=O)CN2CCC(c3ccc(NC4CCC(=O)NC4=O)cc3)CC2)CC1. The van der Waals surface area contributed by atoms with E-state index in [1.807, 2.05) is 12.1 Å². The Kier molecular flexibility index (Phi) is 9.91. The maximum Gasteiger partial charge on any atom is 0.260 e. The van der Waals surface area contributed by atoms with E-state index in [0.29, 0.717) is 60.6 Å². The number of anilines is 1. The predicted molar refractivity (Wildman–Crippen MR) is 192 cm³/mol. The number of ether oxygens (including phenoxy) is 1. The maximum absolute atomic E-state index is 15.7. The highest BCUT2D eigenvalue weighted by molar-refractivity contribution is 6.01. The molecule has 0 saturated carbocycles. The maximum atomic E-state index is 15.7. The van der Waals surface area contributed by atoms with Gasteiger partial charge in [0.05, 0.1) is 20.2 Å². The second-order valence-electron chi connectivity index (χ2n) is 13.8. The van der Waals surface area contributed by atoms with Crippen LogP contribution in [0.1, 0.15) is 58.6 Å². The second-order valence-corrected chi connectivity index (χ2v) is 13.8. The van der Waals surface area contributed by atoms with E-state index in [1.54, 1.807) is 35.3 Å². The average molecular weight is 712 g/mol. The van der Waals surface area contributed by atoms with Crippen molar-refractivity contribution in [2.24, 2.45) is 12.0 Å². The summed E-state index contributed by atoms with van der Waals surface area (Å²) in [5, 5.41) is 5.58. The van der Waals surface area contributed by atoms with E-state index in [2.05, 4.69) is 32.7 Å². The zero-order chi connectivity index (χ0) is 36.5. The van der Waals surface area contributed by atoms with Gasteiger partial charge in [0.1, 0.15) is 23.2 Å². The Balaban J connectivity index is 0.904. The number of benzene rings is 2. The summed E-state index contributed by atoms with van der Waals surface area (Å²) in [6.45, 7) is 3.40. The van der Waals surface area contributed by atoms with Crippen molar-refractivity contribution in [1.29, 1.82) is 0 Å². The van der Waals surface area contributed by atoms with Gasteiger partial charge in [0.2, 0.25) is 17.7 Å². The van der Waals surface area contributed by atoms with Crippen LogP contribution in [0, 0.1) is 5.82 Å².